The van der Waals surface area contributed by atoms with Crippen LogP contribution in [0.1, 0.15) is 12.1 Å². The summed E-state index contributed by atoms with van der Waals surface area (Å²) in [4.78, 5) is 8.90. The molecule has 0 saturated heterocycles. The Labute approximate surface area is 142 Å². The lowest BCUT2D eigenvalue weighted by atomic mass is 10.2. The largest absolute Gasteiger partial charge is 0.311 e. The third-order valence-electron chi connectivity index (χ3n) is 4.36. The summed E-state index contributed by atoms with van der Waals surface area (Å²) in [5.41, 5.74) is 6.13. The summed E-state index contributed by atoms with van der Waals surface area (Å²) in [5.74, 6) is 0.874. The number of nitrogens with one attached hydrogen (secondary N) is 1. The van der Waals surface area contributed by atoms with Gasteiger partial charge in [0.25, 0.3) is 0 Å². The molecule has 0 aliphatic carbocycles. The van der Waals surface area contributed by atoms with E-state index in [4.69, 9.17) is 5.10 Å². The van der Waals surface area contributed by atoms with E-state index in [0.29, 0.717) is 0 Å². The van der Waals surface area contributed by atoms with Crippen LogP contribution in [-0.4, -0.2) is 30.9 Å². The maximum absolute atomic E-state index is 4.78. The first-order valence-electron chi connectivity index (χ1n) is 8.03. The molecule has 1 aliphatic rings. The zero-order valence-corrected chi connectivity index (χ0v) is 13.8. The number of hydrogen-bond acceptors (Lipinski definition) is 5. The Morgan fingerprint density at radius 1 is 1.17 bits per heavy atom. The molecule has 0 radical (unpaired) electrons. The van der Waals surface area contributed by atoms with Gasteiger partial charge in [0.05, 0.1) is 21.4 Å². The second-order valence-corrected chi connectivity index (χ2v) is 6.79. The van der Waals surface area contributed by atoms with Crippen LogP contribution in [-0.2, 0) is 13.1 Å². The number of imidazole rings is 1. The van der Waals surface area contributed by atoms with Gasteiger partial charge in [-0.2, -0.15) is 5.10 Å². The van der Waals surface area contributed by atoms with Gasteiger partial charge in [0.2, 0.25) is 0 Å². The van der Waals surface area contributed by atoms with Crippen molar-refractivity contribution in [3.8, 4) is 17.2 Å². The predicted molar refractivity (Wildman–Crippen MR) is 94.3 cm³/mol. The molecule has 0 unspecified atom stereocenters. The molecule has 4 heterocycles. The molecule has 0 fully saturated rings. The Balaban J connectivity index is 1.59. The van der Waals surface area contributed by atoms with Gasteiger partial charge in [0.15, 0.2) is 5.82 Å². The summed E-state index contributed by atoms with van der Waals surface area (Å²) < 4.78 is 5.37. The number of benzene rings is 1. The van der Waals surface area contributed by atoms with Crippen molar-refractivity contribution in [2.24, 2.45) is 0 Å². The number of hydrogen-bond donors (Lipinski definition) is 1. The maximum Gasteiger partial charge on any atom is 0.165 e. The molecule has 0 bridgehead atoms. The zero-order valence-electron chi connectivity index (χ0n) is 13.0. The van der Waals surface area contributed by atoms with Crippen LogP contribution < -0.4 is 5.32 Å². The molecule has 0 atom stereocenters. The minimum absolute atomic E-state index is 0.862. The van der Waals surface area contributed by atoms with Gasteiger partial charge in [-0.3, -0.25) is 9.25 Å². The third kappa shape index (κ3) is 2.24. The number of aromatic nitrogens is 5. The standard InChI is InChI=1S/C17H16N6S/c1-4-18-10-13-8-15(21-23(13)6-1)17-19-5-7-22(17)12-2-3-14-16(9-12)24-11-20-14/h2-3,5,7-9,11,18H,1,4,6,10H2. The molecule has 0 spiro atoms. The summed E-state index contributed by atoms with van der Waals surface area (Å²) in [6.07, 6.45) is 4.92. The minimum atomic E-state index is 0.862. The molecule has 3 aromatic heterocycles. The third-order valence-corrected chi connectivity index (χ3v) is 5.15. The number of nitrogens with zero attached hydrogens (tertiary/aromatic N) is 5. The lowest BCUT2D eigenvalue weighted by molar-refractivity contribution is 0.588. The molecule has 1 aromatic carbocycles. The molecule has 1 N–H and O–H groups in total. The molecular weight excluding hydrogens is 320 g/mol. The number of thiazole rings is 1. The highest BCUT2D eigenvalue weighted by Crippen LogP contribution is 2.26. The first-order chi connectivity index (χ1) is 11.9. The molecule has 0 saturated carbocycles. The van der Waals surface area contributed by atoms with Crippen molar-refractivity contribution >= 4 is 21.6 Å². The van der Waals surface area contributed by atoms with Gasteiger partial charge in [-0.1, -0.05) is 0 Å². The van der Waals surface area contributed by atoms with E-state index in [1.165, 1.54) is 10.4 Å². The van der Waals surface area contributed by atoms with Crippen LogP contribution in [0.2, 0.25) is 0 Å². The van der Waals surface area contributed by atoms with Crippen molar-refractivity contribution in [2.45, 2.75) is 19.5 Å². The van der Waals surface area contributed by atoms with Gasteiger partial charge in [0, 0.05) is 31.2 Å². The fourth-order valence-electron chi connectivity index (χ4n) is 3.17. The van der Waals surface area contributed by atoms with Crippen molar-refractivity contribution in [3.63, 3.8) is 0 Å². The summed E-state index contributed by atoms with van der Waals surface area (Å²) >= 11 is 1.65. The predicted octanol–water partition coefficient (Wildman–Crippen LogP) is 2.84. The van der Waals surface area contributed by atoms with Crippen molar-refractivity contribution < 1.29 is 0 Å². The summed E-state index contributed by atoms with van der Waals surface area (Å²) in [6, 6.07) is 8.43. The van der Waals surface area contributed by atoms with Crippen LogP contribution in [0.15, 0.2) is 42.2 Å². The number of fused-ring (bicyclic) bond motifs is 2. The second-order valence-electron chi connectivity index (χ2n) is 5.90. The average Bonchev–Trinajstić information content (AvgIpc) is 3.31. The van der Waals surface area contributed by atoms with Crippen LogP contribution in [0, 0.1) is 0 Å². The van der Waals surface area contributed by atoms with Crippen LogP contribution in [0.3, 0.4) is 0 Å². The van der Waals surface area contributed by atoms with Crippen LogP contribution in [0.5, 0.6) is 0 Å². The Bertz CT molecular complexity index is 988. The summed E-state index contributed by atoms with van der Waals surface area (Å²) in [6.45, 7) is 2.86. The van der Waals surface area contributed by atoms with Gasteiger partial charge in [-0.15, -0.1) is 11.3 Å². The molecule has 1 aliphatic heterocycles. The lowest BCUT2D eigenvalue weighted by Crippen LogP contribution is -2.11. The summed E-state index contributed by atoms with van der Waals surface area (Å²) in [5, 5.41) is 8.21. The van der Waals surface area contributed by atoms with E-state index in [1.807, 2.05) is 17.9 Å². The average molecular weight is 336 g/mol. The Kier molecular flexibility index (Phi) is 3.20. The molecule has 24 heavy (non-hydrogen) atoms. The van der Waals surface area contributed by atoms with Gasteiger partial charge in [0.1, 0.15) is 5.69 Å². The Morgan fingerprint density at radius 2 is 2.17 bits per heavy atom. The molecule has 120 valence electrons. The SMILES string of the molecule is c1cn(-c2ccc3ncsc3c2)c(-c2cc3n(n2)CCCNC3)n1. The monoisotopic (exact) mass is 336 g/mol. The molecular formula is C17H16N6S. The van der Waals surface area contributed by atoms with E-state index >= 15 is 0 Å². The van der Waals surface area contributed by atoms with Crippen molar-refractivity contribution in [1.29, 1.82) is 0 Å². The van der Waals surface area contributed by atoms with Crippen molar-refractivity contribution in [2.75, 3.05) is 6.54 Å². The fourth-order valence-corrected chi connectivity index (χ4v) is 3.88. The molecule has 0 amide bonds. The van der Waals surface area contributed by atoms with Crippen LogP contribution >= 0.6 is 11.3 Å². The Morgan fingerprint density at radius 3 is 3.17 bits per heavy atom. The van der Waals surface area contributed by atoms with Gasteiger partial charge in [-0.05, 0) is 37.2 Å². The molecule has 6 nitrogen and oxygen atoms in total. The van der Waals surface area contributed by atoms with E-state index in [0.717, 1.165) is 48.8 Å². The topological polar surface area (TPSA) is 60.6 Å². The Hall–Kier alpha value is -2.51. The highest BCUT2D eigenvalue weighted by Gasteiger charge is 2.16. The van der Waals surface area contributed by atoms with Crippen molar-refractivity contribution in [1.82, 2.24) is 29.6 Å². The number of rotatable bonds is 2. The minimum Gasteiger partial charge on any atom is -0.311 e. The number of aryl methyl sites for hydroxylation is 1. The van der Waals surface area contributed by atoms with Crippen LogP contribution in [0.4, 0.5) is 0 Å². The zero-order chi connectivity index (χ0) is 15.9. The highest BCUT2D eigenvalue weighted by atomic mass is 32.1. The second kappa shape index (κ2) is 5.54. The van der Waals surface area contributed by atoms with E-state index in [-0.39, 0.29) is 0 Å². The van der Waals surface area contributed by atoms with Gasteiger partial charge >= 0.3 is 0 Å². The van der Waals surface area contributed by atoms with E-state index in [2.05, 4.69) is 48.8 Å². The van der Waals surface area contributed by atoms with Crippen LogP contribution in [0.25, 0.3) is 27.4 Å². The smallest absolute Gasteiger partial charge is 0.165 e. The molecule has 4 aromatic rings. The van der Waals surface area contributed by atoms with E-state index in [9.17, 15) is 0 Å². The highest BCUT2D eigenvalue weighted by molar-refractivity contribution is 7.16. The maximum atomic E-state index is 4.78. The van der Waals surface area contributed by atoms with Gasteiger partial charge in [-0.25, -0.2) is 9.97 Å². The van der Waals surface area contributed by atoms with E-state index < -0.39 is 0 Å². The van der Waals surface area contributed by atoms with Crippen molar-refractivity contribution in [3.05, 3.63) is 47.9 Å². The lowest BCUT2D eigenvalue weighted by Gasteiger charge is -2.06. The van der Waals surface area contributed by atoms with E-state index in [1.54, 1.807) is 11.3 Å². The first-order valence-corrected chi connectivity index (χ1v) is 8.91. The first kappa shape index (κ1) is 13.9. The fraction of sp³-hybridized carbons (Fsp3) is 0.235. The normalized spacial score (nSPS) is 14.7. The summed E-state index contributed by atoms with van der Waals surface area (Å²) in [7, 11) is 0. The molecule has 5 rings (SSSR count). The quantitative estimate of drug-likeness (QED) is 0.611. The molecule has 7 heteroatoms. The van der Waals surface area contributed by atoms with Gasteiger partial charge < -0.3 is 5.32 Å².